The highest BCUT2D eigenvalue weighted by atomic mass is 35.5. The van der Waals surface area contributed by atoms with E-state index in [1.165, 1.54) is 0 Å². The summed E-state index contributed by atoms with van der Waals surface area (Å²) in [5.41, 5.74) is 1.84. The second-order valence-corrected chi connectivity index (χ2v) is 7.41. The Hall–Kier alpha value is -2.53. The van der Waals surface area contributed by atoms with Crippen molar-refractivity contribution in [3.8, 4) is 0 Å². The van der Waals surface area contributed by atoms with Crippen molar-refractivity contribution in [3.05, 3.63) is 59.1 Å². The molecule has 26 heavy (non-hydrogen) atoms. The molecule has 3 N–H and O–H groups in total. The Labute approximate surface area is 159 Å². The Morgan fingerprint density at radius 3 is 2.38 bits per heavy atom. The van der Waals surface area contributed by atoms with E-state index in [4.69, 9.17) is 11.6 Å². The summed E-state index contributed by atoms with van der Waals surface area (Å²) in [6.07, 6.45) is 0. The van der Waals surface area contributed by atoms with Gasteiger partial charge in [-0.25, -0.2) is 0 Å². The van der Waals surface area contributed by atoms with Gasteiger partial charge in [-0.05, 0) is 29.8 Å². The molecule has 2 aromatic rings. The molecule has 0 fully saturated rings. The lowest BCUT2D eigenvalue weighted by molar-refractivity contribution is -0.123. The summed E-state index contributed by atoms with van der Waals surface area (Å²) in [5.74, 6) is -0.207. The van der Waals surface area contributed by atoms with E-state index in [0.29, 0.717) is 17.3 Å². The summed E-state index contributed by atoms with van der Waals surface area (Å²) in [5, 5.41) is 9.37. The number of carbonyl (C=O) groups excluding carboxylic acids is 2. The van der Waals surface area contributed by atoms with Crippen molar-refractivity contribution in [2.75, 3.05) is 17.2 Å². The SMILES string of the molecule is CC(C)(C)C(=O)Nc1cccc(NCC(=O)NCc2ccccc2Cl)c1. The molecule has 0 aliphatic heterocycles. The van der Waals surface area contributed by atoms with Crippen LogP contribution in [-0.4, -0.2) is 18.4 Å². The molecule has 2 amide bonds. The van der Waals surface area contributed by atoms with E-state index in [9.17, 15) is 9.59 Å². The van der Waals surface area contributed by atoms with Gasteiger partial charge < -0.3 is 16.0 Å². The highest BCUT2D eigenvalue weighted by molar-refractivity contribution is 6.31. The molecule has 0 aromatic heterocycles. The highest BCUT2D eigenvalue weighted by Crippen LogP contribution is 2.20. The number of carbonyl (C=O) groups is 2. The first kappa shape index (κ1) is 19.8. The molecular weight excluding hydrogens is 350 g/mol. The summed E-state index contributed by atoms with van der Waals surface area (Å²) in [7, 11) is 0. The Balaban J connectivity index is 1.85. The van der Waals surface area contributed by atoms with Crippen LogP contribution >= 0.6 is 11.6 Å². The molecule has 6 heteroatoms. The second-order valence-electron chi connectivity index (χ2n) is 7.01. The summed E-state index contributed by atoms with van der Waals surface area (Å²) in [6.45, 7) is 6.07. The topological polar surface area (TPSA) is 70.2 Å². The molecule has 2 rings (SSSR count). The number of rotatable bonds is 6. The maximum absolute atomic E-state index is 12.1. The van der Waals surface area contributed by atoms with E-state index in [1.54, 1.807) is 12.1 Å². The van der Waals surface area contributed by atoms with Crippen LogP contribution in [0.15, 0.2) is 48.5 Å². The van der Waals surface area contributed by atoms with Crippen molar-refractivity contribution in [1.29, 1.82) is 0 Å². The molecule has 0 aliphatic rings. The Morgan fingerprint density at radius 2 is 1.69 bits per heavy atom. The monoisotopic (exact) mass is 373 g/mol. The fourth-order valence-corrected chi connectivity index (χ4v) is 2.31. The number of hydrogen-bond donors (Lipinski definition) is 3. The predicted molar refractivity (Wildman–Crippen MR) is 106 cm³/mol. The van der Waals surface area contributed by atoms with Gasteiger partial charge in [0.2, 0.25) is 11.8 Å². The molecule has 0 saturated carbocycles. The number of halogens is 1. The van der Waals surface area contributed by atoms with Crippen molar-refractivity contribution in [2.45, 2.75) is 27.3 Å². The molecule has 0 heterocycles. The molecular formula is C20H24ClN3O2. The molecule has 2 aromatic carbocycles. The van der Waals surface area contributed by atoms with Gasteiger partial charge in [0.05, 0.1) is 6.54 Å². The maximum Gasteiger partial charge on any atom is 0.239 e. The number of nitrogens with one attached hydrogen (secondary N) is 3. The van der Waals surface area contributed by atoms with Crippen LogP contribution in [-0.2, 0) is 16.1 Å². The lowest BCUT2D eigenvalue weighted by Gasteiger charge is -2.18. The van der Waals surface area contributed by atoms with Crippen LogP contribution in [0.5, 0.6) is 0 Å². The Kier molecular flexibility index (Phi) is 6.64. The minimum absolute atomic E-state index is 0.0628. The van der Waals surface area contributed by atoms with Gasteiger partial charge in [0.1, 0.15) is 0 Å². The fraction of sp³-hybridized carbons (Fsp3) is 0.300. The molecule has 0 spiro atoms. The molecule has 0 radical (unpaired) electrons. The first-order chi connectivity index (χ1) is 12.3. The predicted octanol–water partition coefficient (Wildman–Crippen LogP) is 4.05. The number of benzene rings is 2. The van der Waals surface area contributed by atoms with Crippen LogP contribution in [0.1, 0.15) is 26.3 Å². The zero-order valence-corrected chi connectivity index (χ0v) is 16.0. The zero-order chi connectivity index (χ0) is 19.2. The summed E-state index contributed by atoms with van der Waals surface area (Å²) in [6, 6.07) is 14.7. The quantitative estimate of drug-likeness (QED) is 0.715. The lowest BCUT2D eigenvalue weighted by atomic mass is 9.95. The average Bonchev–Trinajstić information content (AvgIpc) is 2.59. The van der Waals surface area contributed by atoms with Crippen molar-refractivity contribution in [3.63, 3.8) is 0 Å². The van der Waals surface area contributed by atoms with Crippen LogP contribution < -0.4 is 16.0 Å². The van der Waals surface area contributed by atoms with E-state index in [1.807, 2.05) is 57.2 Å². The Bertz CT molecular complexity index is 785. The third kappa shape index (κ3) is 6.08. The van der Waals surface area contributed by atoms with Crippen LogP contribution in [0.2, 0.25) is 5.02 Å². The van der Waals surface area contributed by atoms with Gasteiger partial charge in [0, 0.05) is 28.4 Å². The first-order valence-corrected chi connectivity index (χ1v) is 8.79. The lowest BCUT2D eigenvalue weighted by Crippen LogP contribution is -2.29. The van der Waals surface area contributed by atoms with E-state index in [-0.39, 0.29) is 18.4 Å². The standard InChI is InChI=1S/C20H24ClN3O2/c1-20(2,3)19(26)24-16-9-6-8-15(11-16)22-13-18(25)23-12-14-7-4-5-10-17(14)21/h4-11,22H,12-13H2,1-3H3,(H,23,25)(H,24,26). The minimum Gasteiger partial charge on any atom is -0.376 e. The number of amides is 2. The third-order valence-electron chi connectivity index (χ3n) is 3.69. The molecule has 5 nitrogen and oxygen atoms in total. The Morgan fingerprint density at radius 1 is 1.00 bits per heavy atom. The third-order valence-corrected chi connectivity index (χ3v) is 4.06. The van der Waals surface area contributed by atoms with Gasteiger partial charge in [0.25, 0.3) is 0 Å². The normalized spacial score (nSPS) is 10.9. The van der Waals surface area contributed by atoms with Gasteiger partial charge in [-0.3, -0.25) is 9.59 Å². The van der Waals surface area contributed by atoms with Gasteiger partial charge in [-0.1, -0.05) is 56.6 Å². The summed E-state index contributed by atoms with van der Waals surface area (Å²) < 4.78 is 0. The molecule has 0 saturated heterocycles. The van der Waals surface area contributed by atoms with E-state index in [2.05, 4.69) is 16.0 Å². The van der Waals surface area contributed by atoms with Crippen LogP contribution in [0.3, 0.4) is 0 Å². The van der Waals surface area contributed by atoms with Crippen molar-refractivity contribution >= 4 is 34.8 Å². The number of hydrogen-bond acceptors (Lipinski definition) is 3. The first-order valence-electron chi connectivity index (χ1n) is 8.41. The molecule has 0 aliphatic carbocycles. The second kappa shape index (κ2) is 8.72. The zero-order valence-electron chi connectivity index (χ0n) is 15.2. The van der Waals surface area contributed by atoms with Crippen molar-refractivity contribution in [2.24, 2.45) is 5.41 Å². The summed E-state index contributed by atoms with van der Waals surface area (Å²) in [4.78, 5) is 24.1. The smallest absolute Gasteiger partial charge is 0.239 e. The van der Waals surface area contributed by atoms with Crippen LogP contribution in [0, 0.1) is 5.41 Å². The molecule has 0 unspecified atom stereocenters. The van der Waals surface area contributed by atoms with E-state index in [0.717, 1.165) is 11.3 Å². The molecule has 138 valence electrons. The van der Waals surface area contributed by atoms with Gasteiger partial charge in [-0.15, -0.1) is 0 Å². The molecule has 0 atom stereocenters. The van der Waals surface area contributed by atoms with Crippen molar-refractivity contribution < 1.29 is 9.59 Å². The van der Waals surface area contributed by atoms with Crippen LogP contribution in [0.25, 0.3) is 0 Å². The summed E-state index contributed by atoms with van der Waals surface area (Å²) >= 11 is 6.07. The molecule has 0 bridgehead atoms. The van der Waals surface area contributed by atoms with Crippen molar-refractivity contribution in [1.82, 2.24) is 5.32 Å². The van der Waals surface area contributed by atoms with E-state index < -0.39 is 5.41 Å². The highest BCUT2D eigenvalue weighted by Gasteiger charge is 2.21. The largest absolute Gasteiger partial charge is 0.376 e. The maximum atomic E-state index is 12.1. The fourth-order valence-electron chi connectivity index (χ4n) is 2.11. The number of anilines is 2. The minimum atomic E-state index is -0.470. The van der Waals surface area contributed by atoms with Crippen LogP contribution in [0.4, 0.5) is 11.4 Å². The van der Waals surface area contributed by atoms with E-state index >= 15 is 0 Å². The van der Waals surface area contributed by atoms with Gasteiger partial charge in [0.15, 0.2) is 0 Å². The average molecular weight is 374 g/mol. The van der Waals surface area contributed by atoms with Gasteiger partial charge >= 0.3 is 0 Å². The van der Waals surface area contributed by atoms with Gasteiger partial charge in [-0.2, -0.15) is 0 Å².